The largest absolute Gasteiger partial charge is 0.481 e. The predicted octanol–water partition coefficient (Wildman–Crippen LogP) is 3.49. The third-order valence-electron chi connectivity index (χ3n) is 4.50. The topological polar surface area (TPSA) is 95.9 Å². The van der Waals surface area contributed by atoms with Gasteiger partial charge in [0.25, 0.3) is 5.91 Å². The van der Waals surface area contributed by atoms with Gasteiger partial charge in [0.1, 0.15) is 5.69 Å². The quantitative estimate of drug-likeness (QED) is 0.701. The van der Waals surface area contributed by atoms with Gasteiger partial charge in [-0.15, -0.1) is 0 Å². The highest BCUT2D eigenvalue weighted by Crippen LogP contribution is 2.29. The number of nitrogens with two attached hydrogens (primary N) is 1. The van der Waals surface area contributed by atoms with Crippen LogP contribution in [0.1, 0.15) is 34.6 Å². The van der Waals surface area contributed by atoms with Crippen LogP contribution in [0.4, 0.5) is 13.2 Å². The number of alkyl halides is 3. The van der Waals surface area contributed by atoms with E-state index in [-0.39, 0.29) is 0 Å². The average Bonchev–Trinajstić information content (AvgIpc) is 3.18. The monoisotopic (exact) mass is 419 g/mol. The van der Waals surface area contributed by atoms with Crippen molar-refractivity contribution >= 4 is 5.91 Å². The number of amides is 1. The number of carbonyl (C=O) groups excluding carboxylic acids is 1. The van der Waals surface area contributed by atoms with Gasteiger partial charge in [0.2, 0.25) is 5.88 Å². The highest BCUT2D eigenvalue weighted by atomic mass is 19.4. The zero-order valence-electron chi connectivity index (χ0n) is 16.2. The van der Waals surface area contributed by atoms with E-state index < -0.39 is 23.3 Å². The third-order valence-corrected chi connectivity index (χ3v) is 4.50. The standard InChI is InChI=1S/C13H15N3O.C7H5F3N2O/c1-17-13-8-10(5-6-14-13)12-9-11-4-2-3-7-16(11)15-12;8-7(9,10)4-1-2-12-5(3-4)6(11)13/h5-6,8-9H,2-4,7H2,1H3;1-3H,(H2,11,13). The van der Waals surface area contributed by atoms with E-state index in [1.807, 2.05) is 12.1 Å². The summed E-state index contributed by atoms with van der Waals surface area (Å²) in [6, 6.07) is 7.45. The fourth-order valence-electron chi connectivity index (χ4n) is 2.98. The number of ether oxygens (including phenoxy) is 1. The average molecular weight is 419 g/mol. The fourth-order valence-corrected chi connectivity index (χ4v) is 2.98. The van der Waals surface area contributed by atoms with Crippen molar-refractivity contribution < 1.29 is 22.7 Å². The van der Waals surface area contributed by atoms with Gasteiger partial charge in [0, 0.05) is 36.3 Å². The molecule has 1 amide bonds. The lowest BCUT2D eigenvalue weighted by molar-refractivity contribution is -0.137. The second-order valence-corrected chi connectivity index (χ2v) is 6.58. The predicted molar refractivity (Wildman–Crippen MR) is 103 cm³/mol. The van der Waals surface area contributed by atoms with E-state index in [2.05, 4.69) is 25.8 Å². The smallest absolute Gasteiger partial charge is 0.416 e. The Hall–Kier alpha value is -3.43. The van der Waals surface area contributed by atoms with E-state index in [4.69, 9.17) is 10.5 Å². The van der Waals surface area contributed by atoms with Crippen molar-refractivity contribution in [3.8, 4) is 17.1 Å². The number of primary amides is 1. The normalized spacial score (nSPS) is 13.1. The van der Waals surface area contributed by atoms with Crippen LogP contribution < -0.4 is 10.5 Å². The first kappa shape index (κ1) is 21.3. The summed E-state index contributed by atoms with van der Waals surface area (Å²) in [5.74, 6) is -0.348. The van der Waals surface area contributed by atoms with Crippen LogP contribution in [0.25, 0.3) is 11.3 Å². The molecule has 3 aromatic rings. The first-order chi connectivity index (χ1) is 14.3. The van der Waals surface area contributed by atoms with Gasteiger partial charge >= 0.3 is 6.18 Å². The van der Waals surface area contributed by atoms with Crippen LogP contribution in [0.15, 0.2) is 42.7 Å². The summed E-state index contributed by atoms with van der Waals surface area (Å²) in [4.78, 5) is 18.0. The van der Waals surface area contributed by atoms with Gasteiger partial charge in [-0.1, -0.05) is 0 Å². The Morgan fingerprint density at radius 1 is 1.13 bits per heavy atom. The van der Waals surface area contributed by atoms with Crippen molar-refractivity contribution in [2.45, 2.75) is 32.0 Å². The summed E-state index contributed by atoms with van der Waals surface area (Å²) in [7, 11) is 1.63. The van der Waals surface area contributed by atoms with Gasteiger partial charge in [-0.2, -0.15) is 18.3 Å². The van der Waals surface area contributed by atoms with E-state index in [0.717, 1.165) is 36.5 Å². The van der Waals surface area contributed by atoms with Crippen LogP contribution in [0, 0.1) is 0 Å². The van der Waals surface area contributed by atoms with Gasteiger partial charge in [-0.3, -0.25) is 14.5 Å². The van der Waals surface area contributed by atoms with Crippen LogP contribution >= 0.6 is 0 Å². The van der Waals surface area contributed by atoms with Crippen molar-refractivity contribution in [3.05, 3.63) is 59.7 Å². The molecular weight excluding hydrogens is 399 g/mol. The van der Waals surface area contributed by atoms with E-state index in [1.165, 1.54) is 18.5 Å². The third kappa shape index (κ3) is 5.13. The second-order valence-electron chi connectivity index (χ2n) is 6.58. The van der Waals surface area contributed by atoms with E-state index in [1.54, 1.807) is 13.3 Å². The highest BCUT2D eigenvalue weighted by molar-refractivity contribution is 5.90. The van der Waals surface area contributed by atoms with Crippen LogP contribution in [0.5, 0.6) is 5.88 Å². The summed E-state index contributed by atoms with van der Waals surface area (Å²) >= 11 is 0. The molecule has 2 N–H and O–H groups in total. The molecule has 0 spiro atoms. The Labute approximate surface area is 170 Å². The molecule has 158 valence electrons. The molecule has 0 saturated heterocycles. The Kier molecular flexibility index (Phi) is 6.34. The maximum atomic E-state index is 12.1. The minimum atomic E-state index is -4.48. The Morgan fingerprint density at radius 3 is 2.57 bits per heavy atom. The molecule has 0 aromatic carbocycles. The van der Waals surface area contributed by atoms with Gasteiger partial charge in [0.05, 0.1) is 18.4 Å². The number of hydrogen-bond acceptors (Lipinski definition) is 5. The minimum absolute atomic E-state index is 0.394. The Balaban J connectivity index is 0.000000178. The number of methoxy groups -OCH3 is 1. The molecular formula is C20H20F3N5O2. The zero-order chi connectivity index (χ0) is 21.7. The van der Waals surface area contributed by atoms with Crippen molar-refractivity contribution in [3.63, 3.8) is 0 Å². The molecule has 0 radical (unpaired) electrons. The lowest BCUT2D eigenvalue weighted by atomic mass is 10.1. The molecule has 0 atom stereocenters. The van der Waals surface area contributed by atoms with E-state index in [9.17, 15) is 18.0 Å². The number of hydrogen-bond donors (Lipinski definition) is 1. The molecule has 0 bridgehead atoms. The Morgan fingerprint density at radius 2 is 1.90 bits per heavy atom. The van der Waals surface area contributed by atoms with Gasteiger partial charge in [0.15, 0.2) is 0 Å². The first-order valence-electron chi connectivity index (χ1n) is 9.18. The SMILES string of the molecule is COc1cc(-c2cc3n(n2)CCCC3)ccn1.NC(=O)c1cc(C(F)(F)F)ccn1. The Bertz CT molecular complexity index is 1010. The number of pyridine rings is 2. The van der Waals surface area contributed by atoms with Crippen LogP contribution in [-0.2, 0) is 19.1 Å². The number of aryl methyl sites for hydroxylation is 2. The maximum absolute atomic E-state index is 12.1. The van der Waals surface area contributed by atoms with Gasteiger partial charge < -0.3 is 10.5 Å². The molecule has 0 aliphatic carbocycles. The fraction of sp³-hybridized carbons (Fsp3) is 0.300. The highest BCUT2D eigenvalue weighted by Gasteiger charge is 2.31. The molecule has 0 fully saturated rings. The van der Waals surface area contributed by atoms with Crippen molar-refractivity contribution in [1.29, 1.82) is 0 Å². The molecule has 1 aliphatic heterocycles. The molecule has 30 heavy (non-hydrogen) atoms. The molecule has 1 aliphatic rings. The van der Waals surface area contributed by atoms with Gasteiger partial charge in [-0.05, 0) is 43.5 Å². The van der Waals surface area contributed by atoms with Crippen molar-refractivity contribution in [2.75, 3.05) is 7.11 Å². The summed E-state index contributed by atoms with van der Waals surface area (Å²) < 4.78 is 43.4. The van der Waals surface area contributed by atoms with Crippen LogP contribution in [-0.4, -0.2) is 32.8 Å². The van der Waals surface area contributed by atoms with E-state index >= 15 is 0 Å². The number of fused-ring (bicyclic) bond motifs is 1. The molecule has 3 aromatic heterocycles. The molecule has 4 heterocycles. The first-order valence-corrected chi connectivity index (χ1v) is 9.18. The van der Waals surface area contributed by atoms with Crippen LogP contribution in [0.2, 0.25) is 0 Å². The number of nitrogens with zero attached hydrogens (tertiary/aromatic N) is 4. The van der Waals surface area contributed by atoms with Gasteiger partial charge in [-0.25, -0.2) is 4.98 Å². The van der Waals surface area contributed by atoms with E-state index in [0.29, 0.717) is 11.9 Å². The number of carbonyl (C=O) groups is 1. The second kappa shape index (κ2) is 8.93. The summed E-state index contributed by atoms with van der Waals surface area (Å²) in [5, 5.41) is 4.63. The lowest BCUT2D eigenvalue weighted by Gasteiger charge is -2.11. The number of rotatable bonds is 3. The molecule has 7 nitrogen and oxygen atoms in total. The molecule has 0 saturated carbocycles. The number of aromatic nitrogens is 4. The summed E-state index contributed by atoms with van der Waals surface area (Å²) in [5.41, 5.74) is 6.85. The number of halogens is 3. The minimum Gasteiger partial charge on any atom is -0.481 e. The molecule has 0 unspecified atom stereocenters. The molecule has 4 rings (SSSR count). The lowest BCUT2D eigenvalue weighted by Crippen LogP contribution is -2.15. The zero-order valence-corrected chi connectivity index (χ0v) is 16.2. The van der Waals surface area contributed by atoms with Crippen molar-refractivity contribution in [1.82, 2.24) is 19.7 Å². The summed E-state index contributed by atoms with van der Waals surface area (Å²) in [6.07, 6.45) is 1.80. The summed E-state index contributed by atoms with van der Waals surface area (Å²) in [6.45, 7) is 1.04. The molecule has 10 heteroatoms. The van der Waals surface area contributed by atoms with Crippen LogP contribution in [0.3, 0.4) is 0 Å². The van der Waals surface area contributed by atoms with Crippen molar-refractivity contribution in [2.24, 2.45) is 5.73 Å². The maximum Gasteiger partial charge on any atom is 0.416 e.